The zero-order valence-corrected chi connectivity index (χ0v) is 16.3. The van der Waals surface area contributed by atoms with E-state index in [9.17, 15) is 4.79 Å². The Kier molecular flexibility index (Phi) is 5.07. The summed E-state index contributed by atoms with van der Waals surface area (Å²) >= 11 is 0. The standard InChI is InChI=1S/C23H21N5O/c1-17-23(18(2)28(26-17)21-11-7-4-8-12-21)25-22(29)14-13-19-15-24-27(16-19)20-9-5-3-6-10-20/h3-16H,1-2H3,(H,25,29)/b14-13+. The Labute approximate surface area is 169 Å². The van der Waals surface area contributed by atoms with E-state index in [1.54, 1.807) is 17.0 Å². The molecule has 29 heavy (non-hydrogen) atoms. The van der Waals surface area contributed by atoms with Crippen LogP contribution >= 0.6 is 0 Å². The fourth-order valence-electron chi connectivity index (χ4n) is 3.13. The van der Waals surface area contributed by atoms with Crippen LogP contribution in [-0.4, -0.2) is 25.5 Å². The quantitative estimate of drug-likeness (QED) is 0.522. The molecule has 1 N–H and O–H groups in total. The molecule has 2 heterocycles. The fraction of sp³-hybridized carbons (Fsp3) is 0.0870. The molecule has 144 valence electrons. The Morgan fingerprint density at radius 3 is 2.31 bits per heavy atom. The second-order valence-corrected chi connectivity index (χ2v) is 6.67. The molecule has 0 atom stereocenters. The second-order valence-electron chi connectivity index (χ2n) is 6.67. The van der Waals surface area contributed by atoms with Crippen molar-refractivity contribution in [2.24, 2.45) is 0 Å². The Morgan fingerprint density at radius 1 is 0.966 bits per heavy atom. The van der Waals surface area contributed by atoms with Gasteiger partial charge in [-0.1, -0.05) is 36.4 Å². The SMILES string of the molecule is Cc1nn(-c2ccccc2)c(C)c1NC(=O)/C=C/c1cnn(-c2ccccc2)c1. The third-order valence-corrected chi connectivity index (χ3v) is 4.59. The number of anilines is 1. The van der Waals surface area contributed by atoms with E-state index in [0.717, 1.165) is 34.0 Å². The van der Waals surface area contributed by atoms with Crippen LogP contribution in [0.2, 0.25) is 0 Å². The van der Waals surface area contributed by atoms with Crippen molar-refractivity contribution in [3.63, 3.8) is 0 Å². The average Bonchev–Trinajstić information content (AvgIpc) is 3.34. The summed E-state index contributed by atoms with van der Waals surface area (Å²) in [7, 11) is 0. The molecule has 6 nitrogen and oxygen atoms in total. The summed E-state index contributed by atoms with van der Waals surface area (Å²) in [5.74, 6) is -0.212. The zero-order valence-electron chi connectivity index (χ0n) is 16.3. The number of hydrogen-bond acceptors (Lipinski definition) is 3. The maximum Gasteiger partial charge on any atom is 0.248 e. The van der Waals surface area contributed by atoms with Crippen LogP contribution in [0.25, 0.3) is 17.5 Å². The van der Waals surface area contributed by atoms with E-state index in [1.807, 2.05) is 85.4 Å². The van der Waals surface area contributed by atoms with Gasteiger partial charge in [-0.15, -0.1) is 0 Å². The first kappa shape index (κ1) is 18.4. The summed E-state index contributed by atoms with van der Waals surface area (Å²) in [6.07, 6.45) is 6.85. The Hall–Kier alpha value is -3.93. The number of benzene rings is 2. The third kappa shape index (κ3) is 4.01. The number of nitrogens with one attached hydrogen (secondary N) is 1. The number of carbonyl (C=O) groups excluding carboxylic acids is 1. The molecule has 0 aliphatic rings. The van der Waals surface area contributed by atoms with Crippen LogP contribution in [0.4, 0.5) is 5.69 Å². The van der Waals surface area contributed by atoms with Crippen LogP contribution in [0.1, 0.15) is 17.0 Å². The van der Waals surface area contributed by atoms with Gasteiger partial charge in [-0.25, -0.2) is 9.36 Å². The Balaban J connectivity index is 1.48. The normalized spacial score (nSPS) is 11.1. The summed E-state index contributed by atoms with van der Waals surface area (Å²) in [6, 6.07) is 19.7. The van der Waals surface area contributed by atoms with Crippen molar-refractivity contribution >= 4 is 17.7 Å². The predicted octanol–water partition coefficient (Wildman–Crippen LogP) is 4.33. The van der Waals surface area contributed by atoms with Crippen LogP contribution in [0, 0.1) is 13.8 Å². The third-order valence-electron chi connectivity index (χ3n) is 4.59. The molecule has 4 aromatic rings. The molecule has 4 rings (SSSR count). The van der Waals surface area contributed by atoms with Gasteiger partial charge in [0.25, 0.3) is 0 Å². The minimum atomic E-state index is -0.212. The van der Waals surface area contributed by atoms with Gasteiger partial charge in [0, 0.05) is 17.8 Å². The lowest BCUT2D eigenvalue weighted by Crippen LogP contribution is -2.09. The molecule has 0 unspecified atom stereocenters. The molecule has 6 heteroatoms. The number of hydrogen-bond donors (Lipinski definition) is 1. The predicted molar refractivity (Wildman–Crippen MR) is 114 cm³/mol. The minimum absolute atomic E-state index is 0.212. The van der Waals surface area contributed by atoms with E-state index in [2.05, 4.69) is 15.5 Å². The summed E-state index contributed by atoms with van der Waals surface area (Å²) in [6.45, 7) is 3.83. The van der Waals surface area contributed by atoms with Crippen LogP contribution in [-0.2, 0) is 4.79 Å². The molecule has 0 fully saturated rings. The number of para-hydroxylation sites is 2. The lowest BCUT2D eigenvalue weighted by molar-refractivity contribution is -0.111. The van der Waals surface area contributed by atoms with Crippen LogP contribution in [0.3, 0.4) is 0 Å². The van der Waals surface area contributed by atoms with E-state index in [1.165, 1.54) is 6.08 Å². The van der Waals surface area contributed by atoms with E-state index in [4.69, 9.17) is 0 Å². The first-order valence-corrected chi connectivity index (χ1v) is 9.32. The smallest absolute Gasteiger partial charge is 0.248 e. The van der Waals surface area contributed by atoms with Crippen molar-refractivity contribution in [1.29, 1.82) is 0 Å². The number of aromatic nitrogens is 4. The van der Waals surface area contributed by atoms with E-state index in [0.29, 0.717) is 0 Å². The van der Waals surface area contributed by atoms with Gasteiger partial charge in [-0.3, -0.25) is 4.79 Å². The van der Waals surface area contributed by atoms with Crippen molar-refractivity contribution in [2.75, 3.05) is 5.32 Å². The number of carbonyl (C=O) groups is 1. The van der Waals surface area contributed by atoms with Crippen molar-refractivity contribution < 1.29 is 4.79 Å². The molecular formula is C23H21N5O. The molecule has 2 aromatic heterocycles. The van der Waals surface area contributed by atoms with E-state index < -0.39 is 0 Å². The second kappa shape index (κ2) is 7.98. The molecule has 2 aromatic carbocycles. The average molecular weight is 383 g/mol. The highest BCUT2D eigenvalue weighted by molar-refractivity contribution is 6.02. The fourth-order valence-corrected chi connectivity index (χ4v) is 3.13. The van der Waals surface area contributed by atoms with Crippen LogP contribution in [0.15, 0.2) is 79.1 Å². The maximum atomic E-state index is 12.5. The highest BCUT2D eigenvalue weighted by atomic mass is 16.1. The lowest BCUT2D eigenvalue weighted by Gasteiger charge is -2.05. The van der Waals surface area contributed by atoms with Gasteiger partial charge in [-0.2, -0.15) is 10.2 Å². The monoisotopic (exact) mass is 383 g/mol. The van der Waals surface area contributed by atoms with Gasteiger partial charge in [0.2, 0.25) is 5.91 Å². The molecule has 0 bridgehead atoms. The van der Waals surface area contributed by atoms with Crippen molar-refractivity contribution in [3.8, 4) is 11.4 Å². The summed E-state index contributed by atoms with van der Waals surface area (Å²) in [4.78, 5) is 12.5. The van der Waals surface area contributed by atoms with E-state index >= 15 is 0 Å². The first-order chi connectivity index (χ1) is 14.1. The zero-order chi connectivity index (χ0) is 20.2. The Bertz CT molecular complexity index is 1160. The van der Waals surface area contributed by atoms with Crippen molar-refractivity contribution in [1.82, 2.24) is 19.6 Å². The maximum absolute atomic E-state index is 12.5. The largest absolute Gasteiger partial charge is 0.319 e. The Morgan fingerprint density at radius 2 is 1.62 bits per heavy atom. The molecule has 1 amide bonds. The lowest BCUT2D eigenvalue weighted by atomic mass is 10.2. The summed E-state index contributed by atoms with van der Waals surface area (Å²) < 4.78 is 3.61. The molecule has 0 radical (unpaired) electrons. The van der Waals surface area contributed by atoms with Gasteiger partial charge in [0.1, 0.15) is 0 Å². The summed E-state index contributed by atoms with van der Waals surface area (Å²) in [5, 5.41) is 11.8. The molecule has 0 aliphatic heterocycles. The minimum Gasteiger partial charge on any atom is -0.319 e. The van der Waals surface area contributed by atoms with E-state index in [-0.39, 0.29) is 5.91 Å². The highest BCUT2D eigenvalue weighted by Gasteiger charge is 2.14. The number of nitrogens with zero attached hydrogens (tertiary/aromatic N) is 4. The number of aryl methyl sites for hydroxylation is 1. The van der Waals surface area contributed by atoms with Crippen LogP contribution in [0.5, 0.6) is 0 Å². The topological polar surface area (TPSA) is 64.7 Å². The molecule has 0 aliphatic carbocycles. The first-order valence-electron chi connectivity index (χ1n) is 9.32. The van der Waals surface area contributed by atoms with Gasteiger partial charge < -0.3 is 5.32 Å². The number of rotatable bonds is 5. The van der Waals surface area contributed by atoms with Gasteiger partial charge in [-0.05, 0) is 44.2 Å². The van der Waals surface area contributed by atoms with Crippen molar-refractivity contribution in [3.05, 3.63) is 96.1 Å². The van der Waals surface area contributed by atoms with Crippen molar-refractivity contribution in [2.45, 2.75) is 13.8 Å². The van der Waals surface area contributed by atoms with Crippen LogP contribution < -0.4 is 5.32 Å². The molecule has 0 spiro atoms. The number of amides is 1. The van der Waals surface area contributed by atoms with Gasteiger partial charge in [0.15, 0.2) is 0 Å². The van der Waals surface area contributed by atoms with Gasteiger partial charge in [0.05, 0.1) is 34.6 Å². The highest BCUT2D eigenvalue weighted by Crippen LogP contribution is 2.22. The summed E-state index contributed by atoms with van der Waals surface area (Å²) in [5.41, 5.74) is 5.15. The van der Waals surface area contributed by atoms with Gasteiger partial charge >= 0.3 is 0 Å². The molecule has 0 saturated heterocycles. The molecule has 0 saturated carbocycles. The molecular weight excluding hydrogens is 362 g/mol.